The molecule has 0 fully saturated rings. The third-order valence-electron chi connectivity index (χ3n) is 5.71. The monoisotopic (exact) mass is 638 g/mol. The maximum Gasteiger partial charge on any atom is 0.211 e. The van der Waals surface area contributed by atoms with Gasteiger partial charge in [-0.3, -0.25) is 4.98 Å². The fourth-order valence-corrected chi connectivity index (χ4v) is 4.24. The van der Waals surface area contributed by atoms with Gasteiger partial charge in [-0.2, -0.15) is 0 Å². The zero-order valence-corrected chi connectivity index (χ0v) is 21.6. The van der Waals surface area contributed by atoms with Gasteiger partial charge in [-0.25, -0.2) is 9.83 Å². The molecule has 0 amide bonds. The number of phenolic OH excluding ortho intramolecular Hbond substituents is 1. The Morgan fingerprint density at radius 3 is 2.43 bits per heavy atom. The van der Waals surface area contributed by atoms with Crippen LogP contribution in [-0.2, 0) is 27.6 Å². The van der Waals surface area contributed by atoms with Crippen LogP contribution in [0.1, 0.15) is 13.8 Å². The molecule has 3 aromatic carbocycles. The Bertz CT molecular complexity index is 1530. The molecule has 5 nitrogen and oxygen atoms in total. The summed E-state index contributed by atoms with van der Waals surface area (Å²) in [6.07, 6.45) is 1.77. The van der Waals surface area contributed by atoms with Crippen molar-refractivity contribution in [3.8, 4) is 39.5 Å². The van der Waals surface area contributed by atoms with Gasteiger partial charge in [-0.05, 0) is 24.1 Å². The van der Waals surface area contributed by atoms with Crippen LogP contribution in [0.5, 0.6) is 5.75 Å². The van der Waals surface area contributed by atoms with Gasteiger partial charge < -0.3 is 9.67 Å². The van der Waals surface area contributed by atoms with E-state index in [0.29, 0.717) is 29.5 Å². The van der Waals surface area contributed by atoms with E-state index >= 15 is 0 Å². The summed E-state index contributed by atoms with van der Waals surface area (Å²) in [5.74, 6) is 1.14. The van der Waals surface area contributed by atoms with Gasteiger partial charge in [0.15, 0.2) is 0 Å². The molecule has 0 atom stereocenters. The zero-order chi connectivity index (χ0) is 23.7. The van der Waals surface area contributed by atoms with Crippen LogP contribution in [0.4, 0.5) is 5.69 Å². The van der Waals surface area contributed by atoms with Crippen LogP contribution in [0.15, 0.2) is 79.0 Å². The summed E-state index contributed by atoms with van der Waals surface area (Å²) < 4.78 is 2.06. The Kier molecular flexibility index (Phi) is 7.14. The number of hydrogen-bond acceptors (Lipinski definition) is 3. The minimum atomic E-state index is 0. The zero-order valence-electron chi connectivity index (χ0n) is 19.3. The number of aromatic hydroxyl groups is 1. The summed E-state index contributed by atoms with van der Waals surface area (Å²) in [4.78, 5) is 13.3. The van der Waals surface area contributed by atoms with Crippen molar-refractivity contribution in [2.45, 2.75) is 20.4 Å². The van der Waals surface area contributed by atoms with Gasteiger partial charge in [0.25, 0.3) is 0 Å². The number of phenols is 1. The first-order chi connectivity index (χ1) is 16.6. The molecule has 0 aliphatic heterocycles. The number of para-hydroxylation sites is 1. The first-order valence-electron chi connectivity index (χ1n) is 11.2. The fraction of sp³-hybridized carbons (Fsp3) is 0.138. The van der Waals surface area contributed by atoms with Crippen molar-refractivity contribution >= 4 is 16.7 Å². The molecular weight excluding hydrogens is 615 g/mol. The number of hydrogen-bond donors (Lipinski definition) is 1. The number of pyridine rings is 1. The van der Waals surface area contributed by atoms with E-state index in [2.05, 4.69) is 34.3 Å². The second kappa shape index (κ2) is 10.3. The SMILES string of the molecule is [C-]#[N+]c1ccc(-c2[c-]c(-c3ccccn3)ccc2)c2nc(-c3ccccc3O)n(CC(C)C)c12.[Pt]. The van der Waals surface area contributed by atoms with Crippen LogP contribution >= 0.6 is 0 Å². The molecule has 1 N–H and O–H groups in total. The summed E-state index contributed by atoms with van der Waals surface area (Å²) >= 11 is 0. The van der Waals surface area contributed by atoms with Crippen LogP contribution in [0, 0.1) is 18.6 Å². The molecule has 0 unspecified atom stereocenters. The third-order valence-corrected chi connectivity index (χ3v) is 5.71. The van der Waals surface area contributed by atoms with E-state index < -0.39 is 0 Å². The first kappa shape index (κ1) is 24.4. The fourth-order valence-electron chi connectivity index (χ4n) is 4.24. The predicted octanol–water partition coefficient (Wildman–Crippen LogP) is 7.14. The van der Waals surface area contributed by atoms with E-state index in [-0.39, 0.29) is 26.8 Å². The van der Waals surface area contributed by atoms with E-state index in [1.165, 1.54) is 0 Å². The van der Waals surface area contributed by atoms with Crippen molar-refractivity contribution < 1.29 is 26.2 Å². The number of fused-ring (bicyclic) bond motifs is 1. The largest absolute Gasteiger partial charge is 0.507 e. The molecule has 0 aliphatic rings. The molecule has 0 aliphatic carbocycles. The van der Waals surface area contributed by atoms with Gasteiger partial charge >= 0.3 is 0 Å². The normalized spacial score (nSPS) is 10.8. The predicted molar refractivity (Wildman–Crippen MR) is 135 cm³/mol. The Balaban J connectivity index is 0.00000289. The van der Waals surface area contributed by atoms with E-state index in [4.69, 9.17) is 11.6 Å². The van der Waals surface area contributed by atoms with E-state index in [9.17, 15) is 5.11 Å². The Hall–Kier alpha value is -3.74. The summed E-state index contributed by atoms with van der Waals surface area (Å²) in [5, 5.41) is 10.6. The molecule has 0 radical (unpaired) electrons. The molecule has 2 heterocycles. The van der Waals surface area contributed by atoms with Crippen LogP contribution < -0.4 is 0 Å². The van der Waals surface area contributed by atoms with Gasteiger partial charge in [0.1, 0.15) is 11.6 Å². The Morgan fingerprint density at radius 2 is 1.71 bits per heavy atom. The van der Waals surface area contributed by atoms with Crippen molar-refractivity contribution in [1.29, 1.82) is 0 Å². The minimum Gasteiger partial charge on any atom is -0.507 e. The molecule has 0 saturated heterocycles. The summed E-state index contributed by atoms with van der Waals surface area (Å²) in [7, 11) is 0. The molecule has 176 valence electrons. The molecule has 5 rings (SSSR count). The van der Waals surface area contributed by atoms with Gasteiger partial charge in [0.2, 0.25) is 5.69 Å². The minimum absolute atomic E-state index is 0. The average Bonchev–Trinajstić information content (AvgIpc) is 3.23. The molecule has 0 bridgehead atoms. The van der Waals surface area contributed by atoms with E-state index in [1.54, 1.807) is 18.3 Å². The van der Waals surface area contributed by atoms with Gasteiger partial charge in [0, 0.05) is 39.5 Å². The summed E-state index contributed by atoms with van der Waals surface area (Å²) in [5.41, 5.74) is 6.18. The van der Waals surface area contributed by atoms with Crippen molar-refractivity contribution in [2.75, 3.05) is 0 Å². The van der Waals surface area contributed by atoms with E-state index in [1.807, 2.05) is 60.7 Å². The summed E-state index contributed by atoms with van der Waals surface area (Å²) in [6, 6.07) is 26.2. The smallest absolute Gasteiger partial charge is 0.211 e. The Morgan fingerprint density at radius 1 is 0.943 bits per heavy atom. The second-order valence-electron chi connectivity index (χ2n) is 8.59. The molecular formula is C29H23N4OPt-. The van der Waals surface area contributed by atoms with Crippen LogP contribution in [-0.4, -0.2) is 19.6 Å². The van der Waals surface area contributed by atoms with Crippen molar-refractivity contribution in [1.82, 2.24) is 14.5 Å². The number of benzene rings is 3. The van der Waals surface area contributed by atoms with Gasteiger partial charge in [-0.15, -0.1) is 29.8 Å². The average molecular weight is 639 g/mol. The van der Waals surface area contributed by atoms with E-state index in [0.717, 1.165) is 33.4 Å². The second-order valence-corrected chi connectivity index (χ2v) is 8.59. The molecule has 6 heteroatoms. The number of rotatable bonds is 5. The van der Waals surface area contributed by atoms with Crippen LogP contribution in [0.2, 0.25) is 0 Å². The number of imidazole rings is 1. The maximum atomic E-state index is 10.6. The molecule has 35 heavy (non-hydrogen) atoms. The maximum absolute atomic E-state index is 10.6. The van der Waals surface area contributed by atoms with Crippen molar-refractivity contribution in [2.24, 2.45) is 5.92 Å². The topological polar surface area (TPSA) is 55.3 Å². The number of nitrogens with zero attached hydrogens (tertiary/aromatic N) is 4. The third kappa shape index (κ3) is 4.63. The molecule has 5 aromatic rings. The quantitative estimate of drug-likeness (QED) is 0.208. The standard InChI is InChI=1S/C29H23N4O.Pt/c1-19(2)18-33-28-25(30-3)15-14-22(27(28)32-29(33)23-11-4-5-13-26(23)34)20-9-8-10-21(17-20)24-12-6-7-16-31-24;/h4-16,19,34H,18H2,1-2H3;/q-1;. The first-order valence-corrected chi connectivity index (χ1v) is 11.2. The molecule has 2 aromatic heterocycles. The number of aromatic nitrogens is 3. The molecule has 0 saturated carbocycles. The van der Waals surface area contributed by atoms with Crippen molar-refractivity contribution in [3.63, 3.8) is 0 Å². The summed E-state index contributed by atoms with van der Waals surface area (Å²) in [6.45, 7) is 12.7. The van der Waals surface area contributed by atoms with Gasteiger partial charge in [0.05, 0.1) is 23.2 Å². The van der Waals surface area contributed by atoms with Crippen LogP contribution in [0.3, 0.4) is 0 Å². The van der Waals surface area contributed by atoms with Crippen LogP contribution in [0.25, 0.3) is 49.7 Å². The Labute approximate surface area is 219 Å². The molecule has 0 spiro atoms. The van der Waals surface area contributed by atoms with Crippen molar-refractivity contribution in [3.05, 3.63) is 96.5 Å². The van der Waals surface area contributed by atoms with Gasteiger partial charge in [-0.1, -0.05) is 61.4 Å².